The average molecular weight is 426 g/mol. The van der Waals surface area contributed by atoms with Crippen LogP contribution in [0.25, 0.3) is 11.4 Å². The smallest absolute Gasteiger partial charge is 0.183 e. The summed E-state index contributed by atoms with van der Waals surface area (Å²) in [4.78, 5) is 0. The van der Waals surface area contributed by atoms with Gasteiger partial charge in [0, 0.05) is 16.8 Å². The molecule has 0 fully saturated rings. The van der Waals surface area contributed by atoms with Crippen LogP contribution in [0.2, 0.25) is 10.0 Å². The van der Waals surface area contributed by atoms with Crippen LogP contribution in [0, 0.1) is 0 Å². The van der Waals surface area contributed by atoms with Crippen LogP contribution in [0.1, 0.15) is 11.1 Å². The summed E-state index contributed by atoms with van der Waals surface area (Å²) in [6, 6.07) is 20.8. The van der Waals surface area contributed by atoms with E-state index >= 15 is 0 Å². The van der Waals surface area contributed by atoms with Crippen LogP contribution < -0.4 is 10.5 Å². The van der Waals surface area contributed by atoms with E-state index in [1.165, 1.54) is 0 Å². The molecule has 0 unspecified atom stereocenters. The molecule has 0 aliphatic carbocycles. The number of hydrogen-bond donors (Lipinski definition) is 1. The molecule has 0 radical (unpaired) electrons. The number of aromatic nitrogens is 4. The van der Waals surface area contributed by atoms with E-state index in [0.29, 0.717) is 46.0 Å². The number of halogens is 2. The number of hydrogen-bond acceptors (Lipinski definition) is 5. The normalized spacial score (nSPS) is 10.8. The molecule has 3 aromatic carbocycles. The Labute approximate surface area is 177 Å². The van der Waals surface area contributed by atoms with E-state index in [-0.39, 0.29) is 0 Å². The highest BCUT2D eigenvalue weighted by Crippen LogP contribution is 2.32. The predicted octanol–water partition coefficient (Wildman–Crippen LogP) is 4.86. The molecule has 2 N–H and O–H groups in total. The van der Waals surface area contributed by atoms with Gasteiger partial charge in [0.15, 0.2) is 5.82 Å². The number of nitrogens with zero attached hydrogens (tertiary/aromatic N) is 4. The fourth-order valence-corrected chi connectivity index (χ4v) is 3.33. The summed E-state index contributed by atoms with van der Waals surface area (Å²) in [7, 11) is 0. The van der Waals surface area contributed by atoms with Crippen LogP contribution in [0.15, 0.2) is 66.7 Å². The van der Waals surface area contributed by atoms with Crippen molar-refractivity contribution in [3.63, 3.8) is 0 Å². The third kappa shape index (κ3) is 4.34. The highest BCUT2D eigenvalue weighted by atomic mass is 35.5. The van der Waals surface area contributed by atoms with Gasteiger partial charge >= 0.3 is 0 Å². The number of rotatable bonds is 6. The predicted molar refractivity (Wildman–Crippen MR) is 114 cm³/mol. The van der Waals surface area contributed by atoms with E-state index in [0.717, 1.165) is 11.1 Å². The highest BCUT2D eigenvalue weighted by Gasteiger charge is 2.16. The van der Waals surface area contributed by atoms with E-state index in [1.54, 1.807) is 22.9 Å². The van der Waals surface area contributed by atoms with E-state index in [2.05, 4.69) is 15.5 Å². The first-order chi connectivity index (χ1) is 14.1. The number of ether oxygens (including phenoxy) is 1. The zero-order chi connectivity index (χ0) is 20.2. The molecule has 29 heavy (non-hydrogen) atoms. The first kappa shape index (κ1) is 19.2. The first-order valence-corrected chi connectivity index (χ1v) is 9.63. The molecular formula is C21H17Cl2N5O. The van der Waals surface area contributed by atoms with Gasteiger partial charge < -0.3 is 10.5 Å². The fraction of sp³-hybridized carbons (Fsp3) is 0.0952. The van der Waals surface area contributed by atoms with Gasteiger partial charge in [0.25, 0.3) is 0 Å². The minimum Gasteiger partial charge on any atom is -0.489 e. The third-order valence-corrected chi connectivity index (χ3v) is 5.19. The Morgan fingerprint density at radius 1 is 0.966 bits per heavy atom. The lowest BCUT2D eigenvalue weighted by molar-refractivity contribution is 0.302. The van der Waals surface area contributed by atoms with Crippen molar-refractivity contribution >= 4 is 28.9 Å². The van der Waals surface area contributed by atoms with Gasteiger partial charge in [-0.1, -0.05) is 59.6 Å². The molecule has 1 heterocycles. The average Bonchev–Trinajstić information content (AvgIpc) is 3.18. The van der Waals surface area contributed by atoms with Gasteiger partial charge in [-0.3, -0.25) is 0 Å². The van der Waals surface area contributed by atoms with Crippen LogP contribution >= 0.6 is 23.2 Å². The van der Waals surface area contributed by atoms with Crippen LogP contribution in [-0.2, 0) is 13.2 Å². The molecule has 0 amide bonds. The maximum atomic E-state index is 6.35. The van der Waals surface area contributed by atoms with Crippen LogP contribution in [-0.4, -0.2) is 20.2 Å². The molecule has 4 aromatic rings. The zero-order valence-electron chi connectivity index (χ0n) is 15.3. The molecule has 0 bridgehead atoms. The molecule has 0 aliphatic rings. The van der Waals surface area contributed by atoms with E-state index in [1.807, 2.05) is 48.5 Å². The van der Waals surface area contributed by atoms with Crippen LogP contribution in [0.4, 0.5) is 5.69 Å². The number of benzene rings is 3. The minimum atomic E-state index is 0.361. The molecule has 0 saturated heterocycles. The Morgan fingerprint density at radius 2 is 1.79 bits per heavy atom. The molecule has 0 saturated carbocycles. The van der Waals surface area contributed by atoms with E-state index in [4.69, 9.17) is 33.7 Å². The largest absolute Gasteiger partial charge is 0.489 e. The molecule has 0 aliphatic heterocycles. The zero-order valence-corrected chi connectivity index (χ0v) is 16.8. The van der Waals surface area contributed by atoms with Crippen LogP contribution in [0.5, 0.6) is 5.75 Å². The van der Waals surface area contributed by atoms with Gasteiger partial charge in [-0.15, -0.1) is 5.10 Å². The van der Waals surface area contributed by atoms with Crippen molar-refractivity contribution in [1.82, 2.24) is 20.2 Å². The van der Waals surface area contributed by atoms with E-state index in [9.17, 15) is 0 Å². The van der Waals surface area contributed by atoms with Crippen molar-refractivity contribution in [2.24, 2.45) is 0 Å². The maximum Gasteiger partial charge on any atom is 0.183 e. The fourth-order valence-electron chi connectivity index (χ4n) is 2.94. The van der Waals surface area contributed by atoms with Crippen molar-refractivity contribution in [3.8, 4) is 17.1 Å². The quantitative estimate of drug-likeness (QED) is 0.446. The summed E-state index contributed by atoms with van der Waals surface area (Å²) < 4.78 is 7.67. The van der Waals surface area contributed by atoms with Gasteiger partial charge in [-0.25, -0.2) is 4.68 Å². The number of nitrogens with two attached hydrogens (primary N) is 1. The Kier molecular flexibility index (Phi) is 5.64. The Balaban J connectivity index is 1.63. The van der Waals surface area contributed by atoms with Crippen molar-refractivity contribution in [1.29, 1.82) is 0 Å². The summed E-state index contributed by atoms with van der Waals surface area (Å²) >= 11 is 12.5. The van der Waals surface area contributed by atoms with Crippen molar-refractivity contribution in [2.45, 2.75) is 13.2 Å². The van der Waals surface area contributed by atoms with Gasteiger partial charge in [-0.2, -0.15) is 0 Å². The topological polar surface area (TPSA) is 78.9 Å². The summed E-state index contributed by atoms with van der Waals surface area (Å²) in [5.74, 6) is 1.22. The van der Waals surface area contributed by atoms with Gasteiger partial charge in [0.2, 0.25) is 0 Å². The minimum absolute atomic E-state index is 0.361. The molecule has 0 atom stereocenters. The standard InChI is InChI=1S/C21H17Cl2N5O/c22-18-8-4-7-17(20(18)23)21-25-26-27-28(21)12-15-11-16(24)9-10-19(15)29-13-14-5-2-1-3-6-14/h1-11H,12-13,24H2. The molecule has 8 heteroatoms. The lowest BCUT2D eigenvalue weighted by Gasteiger charge is -2.13. The van der Waals surface area contributed by atoms with Gasteiger partial charge in [-0.05, 0) is 46.3 Å². The van der Waals surface area contributed by atoms with Crippen LogP contribution in [0.3, 0.4) is 0 Å². The number of anilines is 1. The summed E-state index contributed by atoms with van der Waals surface area (Å²) in [5.41, 5.74) is 9.21. The lowest BCUT2D eigenvalue weighted by Crippen LogP contribution is -2.08. The third-order valence-electron chi connectivity index (χ3n) is 4.37. The monoisotopic (exact) mass is 425 g/mol. The second-order valence-electron chi connectivity index (χ2n) is 6.40. The van der Waals surface area contributed by atoms with Gasteiger partial charge in [0.1, 0.15) is 12.4 Å². The summed E-state index contributed by atoms with van der Waals surface area (Å²) in [5, 5.41) is 12.9. The second kappa shape index (κ2) is 8.51. The van der Waals surface area contributed by atoms with Crippen molar-refractivity contribution < 1.29 is 4.74 Å². The van der Waals surface area contributed by atoms with Crippen molar-refractivity contribution in [2.75, 3.05) is 5.73 Å². The van der Waals surface area contributed by atoms with Gasteiger partial charge in [0.05, 0.1) is 16.6 Å². The highest BCUT2D eigenvalue weighted by molar-refractivity contribution is 6.43. The number of nitrogen functional groups attached to an aromatic ring is 1. The van der Waals surface area contributed by atoms with E-state index < -0.39 is 0 Å². The summed E-state index contributed by atoms with van der Waals surface area (Å²) in [6.45, 7) is 0.806. The molecule has 146 valence electrons. The Bertz CT molecular complexity index is 1130. The molecule has 0 spiro atoms. The second-order valence-corrected chi connectivity index (χ2v) is 7.19. The molecular weight excluding hydrogens is 409 g/mol. The number of tetrazole rings is 1. The Morgan fingerprint density at radius 3 is 2.62 bits per heavy atom. The molecule has 6 nitrogen and oxygen atoms in total. The first-order valence-electron chi connectivity index (χ1n) is 8.87. The maximum absolute atomic E-state index is 6.35. The summed E-state index contributed by atoms with van der Waals surface area (Å²) in [6.07, 6.45) is 0. The molecule has 4 rings (SSSR count). The SMILES string of the molecule is Nc1ccc(OCc2ccccc2)c(Cn2nnnc2-c2cccc(Cl)c2Cl)c1. The van der Waals surface area contributed by atoms with Crippen molar-refractivity contribution in [3.05, 3.63) is 87.9 Å². The lowest BCUT2D eigenvalue weighted by atomic mass is 10.1. The molecule has 1 aromatic heterocycles. The Hall–Kier alpha value is -3.09.